The van der Waals surface area contributed by atoms with Crippen molar-refractivity contribution < 1.29 is 47.3 Å². The molecule has 2 aromatic rings. The summed E-state index contributed by atoms with van der Waals surface area (Å²) in [6.45, 7) is 5.31. The number of amides is 2. The summed E-state index contributed by atoms with van der Waals surface area (Å²) in [5.41, 5.74) is -1.46. The molecule has 3 N–H and O–H groups in total. The van der Waals surface area contributed by atoms with E-state index in [2.05, 4.69) is 17.2 Å². The van der Waals surface area contributed by atoms with Crippen LogP contribution in [0, 0.1) is 11.8 Å². The summed E-state index contributed by atoms with van der Waals surface area (Å²) < 4.78 is 47.1. The lowest BCUT2D eigenvalue weighted by Gasteiger charge is -2.34. The van der Waals surface area contributed by atoms with E-state index in [-0.39, 0.29) is 53.4 Å². The number of ether oxygens (including phenoxy) is 1. The second-order valence-electron chi connectivity index (χ2n) is 10.7. The Bertz CT molecular complexity index is 1320. The quantitative estimate of drug-likeness (QED) is 0.303. The van der Waals surface area contributed by atoms with E-state index in [0.29, 0.717) is 18.8 Å². The minimum absolute atomic E-state index is 0.0110. The average molecular weight is 594 g/mol. The highest BCUT2D eigenvalue weighted by atomic mass is 19.4. The highest BCUT2D eigenvalue weighted by Gasteiger charge is 2.36. The van der Waals surface area contributed by atoms with Gasteiger partial charge in [0.25, 0.3) is 0 Å². The minimum atomic E-state index is -4.90. The van der Waals surface area contributed by atoms with E-state index in [4.69, 9.17) is 9.84 Å². The number of carbonyl (C=O) groups excluding carboxylic acids is 2. The Morgan fingerprint density at radius 2 is 1.74 bits per heavy atom. The van der Waals surface area contributed by atoms with Gasteiger partial charge in [-0.05, 0) is 75.3 Å². The van der Waals surface area contributed by atoms with Gasteiger partial charge in [-0.2, -0.15) is 13.2 Å². The number of pyridine rings is 1. The van der Waals surface area contributed by atoms with Crippen molar-refractivity contribution in [1.29, 1.82) is 0 Å². The number of aromatic carboxylic acids is 1. The fraction of sp³-hybridized carbons (Fsp3) is 0.483. The molecule has 228 valence electrons. The van der Waals surface area contributed by atoms with Crippen molar-refractivity contribution in [2.45, 2.75) is 78.1 Å². The first-order valence-electron chi connectivity index (χ1n) is 13.6. The van der Waals surface area contributed by atoms with Gasteiger partial charge in [-0.25, -0.2) is 9.78 Å². The average Bonchev–Trinajstić information content (AvgIpc) is 2.91. The Hall–Kier alpha value is -4.16. The van der Waals surface area contributed by atoms with Gasteiger partial charge in [0, 0.05) is 31.1 Å². The third kappa shape index (κ3) is 8.43. The smallest absolute Gasteiger partial charge is 0.421 e. The molecule has 10 nitrogen and oxygen atoms in total. The molecule has 0 aliphatic heterocycles. The number of halogens is 3. The van der Waals surface area contributed by atoms with Gasteiger partial charge in [-0.1, -0.05) is 6.92 Å². The van der Waals surface area contributed by atoms with E-state index < -0.39 is 41.9 Å². The molecule has 1 aromatic carbocycles. The molecule has 1 fully saturated rings. The molecule has 1 heterocycles. The standard InChI is InChI=1S/C29H34F3N3O7/c1-16(2)35(27(39)19-6-4-17(3)5-7-19)23-9-8-20(13-21(23)28(40)41)42-26-22(29(30,31)32)12-18(15-34-26)14-33-24(36)10-11-25(37)38/h8-9,12-13,15-17,19H,4-7,10-11,14H2,1-3H3,(H,33,36)(H,37,38)(H,40,41). The lowest BCUT2D eigenvalue weighted by molar-refractivity contribution is -0.139. The molecule has 1 aliphatic rings. The van der Waals surface area contributed by atoms with Crippen LogP contribution in [0.4, 0.5) is 18.9 Å². The Balaban J connectivity index is 1.87. The number of alkyl halides is 3. The van der Waals surface area contributed by atoms with Crippen molar-refractivity contribution >= 4 is 29.4 Å². The number of aliphatic carboxylic acids is 1. The summed E-state index contributed by atoms with van der Waals surface area (Å²) >= 11 is 0. The first-order valence-corrected chi connectivity index (χ1v) is 13.6. The van der Waals surface area contributed by atoms with E-state index in [9.17, 15) is 37.5 Å². The van der Waals surface area contributed by atoms with Gasteiger partial charge in [-0.15, -0.1) is 0 Å². The van der Waals surface area contributed by atoms with E-state index in [0.717, 1.165) is 31.2 Å². The Kier molecular flexibility index (Phi) is 10.5. The molecule has 3 rings (SSSR count). The topological polar surface area (TPSA) is 146 Å². The molecular weight excluding hydrogens is 559 g/mol. The third-order valence-electron chi connectivity index (χ3n) is 7.06. The maximum Gasteiger partial charge on any atom is 0.421 e. The monoisotopic (exact) mass is 593 g/mol. The number of rotatable bonds is 11. The summed E-state index contributed by atoms with van der Waals surface area (Å²) in [6, 6.07) is 4.04. The summed E-state index contributed by atoms with van der Waals surface area (Å²) in [4.78, 5) is 53.2. The number of hydrogen-bond donors (Lipinski definition) is 3. The molecule has 2 amide bonds. The molecule has 0 bridgehead atoms. The highest BCUT2D eigenvalue weighted by Crippen LogP contribution is 2.39. The normalized spacial score (nSPS) is 17.0. The van der Waals surface area contributed by atoms with Gasteiger partial charge >= 0.3 is 18.1 Å². The van der Waals surface area contributed by atoms with Crippen molar-refractivity contribution in [3.63, 3.8) is 0 Å². The number of nitrogens with zero attached hydrogens (tertiary/aromatic N) is 2. The fourth-order valence-corrected chi connectivity index (χ4v) is 4.81. The first-order chi connectivity index (χ1) is 19.7. The van der Waals surface area contributed by atoms with Crippen LogP contribution < -0.4 is 15.0 Å². The lowest BCUT2D eigenvalue weighted by atomic mass is 9.82. The Morgan fingerprint density at radius 1 is 1.07 bits per heavy atom. The largest absolute Gasteiger partial charge is 0.481 e. The second-order valence-corrected chi connectivity index (χ2v) is 10.7. The highest BCUT2D eigenvalue weighted by molar-refractivity contribution is 6.03. The van der Waals surface area contributed by atoms with Crippen LogP contribution in [0.5, 0.6) is 11.6 Å². The lowest BCUT2D eigenvalue weighted by Crippen LogP contribution is -2.42. The summed E-state index contributed by atoms with van der Waals surface area (Å²) in [7, 11) is 0. The second kappa shape index (κ2) is 13.7. The van der Waals surface area contributed by atoms with Gasteiger partial charge in [0.1, 0.15) is 11.3 Å². The molecule has 1 aliphatic carbocycles. The van der Waals surface area contributed by atoms with E-state index >= 15 is 0 Å². The first kappa shape index (κ1) is 32.4. The number of carboxylic acids is 2. The zero-order chi connectivity index (χ0) is 31.2. The zero-order valence-corrected chi connectivity index (χ0v) is 23.5. The minimum Gasteiger partial charge on any atom is -0.481 e. The van der Waals surface area contributed by atoms with Crippen LogP contribution in [0.15, 0.2) is 30.5 Å². The molecule has 1 aromatic heterocycles. The van der Waals surface area contributed by atoms with Crippen molar-refractivity contribution in [3.8, 4) is 11.6 Å². The van der Waals surface area contributed by atoms with E-state index in [1.807, 2.05) is 0 Å². The molecule has 13 heteroatoms. The van der Waals surface area contributed by atoms with Crippen molar-refractivity contribution in [1.82, 2.24) is 10.3 Å². The van der Waals surface area contributed by atoms with Crippen LogP contribution in [0.25, 0.3) is 0 Å². The number of carbonyl (C=O) groups is 4. The van der Waals surface area contributed by atoms with Crippen LogP contribution in [-0.2, 0) is 27.1 Å². The van der Waals surface area contributed by atoms with Crippen LogP contribution in [-0.4, -0.2) is 45.0 Å². The molecule has 1 saturated carbocycles. The number of hydrogen-bond acceptors (Lipinski definition) is 6. The Labute approximate surface area is 240 Å². The van der Waals surface area contributed by atoms with Crippen molar-refractivity contribution in [2.24, 2.45) is 11.8 Å². The van der Waals surface area contributed by atoms with Crippen LogP contribution in [0.1, 0.15) is 80.8 Å². The maximum absolute atomic E-state index is 13.9. The molecular formula is C29H34F3N3O7. The zero-order valence-electron chi connectivity index (χ0n) is 23.5. The van der Waals surface area contributed by atoms with Crippen molar-refractivity contribution in [2.75, 3.05) is 4.90 Å². The number of benzene rings is 1. The van der Waals surface area contributed by atoms with E-state index in [1.54, 1.807) is 13.8 Å². The van der Waals surface area contributed by atoms with Gasteiger partial charge in [-0.3, -0.25) is 14.4 Å². The number of aromatic nitrogens is 1. The maximum atomic E-state index is 13.9. The molecule has 0 spiro atoms. The van der Waals surface area contributed by atoms with Crippen LogP contribution in [0.3, 0.4) is 0 Å². The van der Waals surface area contributed by atoms with Gasteiger partial charge < -0.3 is 25.2 Å². The van der Waals surface area contributed by atoms with E-state index in [1.165, 1.54) is 17.0 Å². The van der Waals surface area contributed by atoms with Gasteiger partial charge in [0.05, 0.1) is 17.7 Å². The van der Waals surface area contributed by atoms with Crippen LogP contribution >= 0.6 is 0 Å². The van der Waals surface area contributed by atoms with Crippen LogP contribution in [0.2, 0.25) is 0 Å². The summed E-state index contributed by atoms with van der Waals surface area (Å²) in [5.74, 6) is -4.22. The number of carboxylic acid groups (broad SMARTS) is 2. The summed E-state index contributed by atoms with van der Waals surface area (Å²) in [5, 5.41) is 20.9. The summed E-state index contributed by atoms with van der Waals surface area (Å²) in [6.07, 6.45) is -1.43. The molecule has 0 saturated heterocycles. The number of anilines is 1. The van der Waals surface area contributed by atoms with Gasteiger partial charge in [0.2, 0.25) is 17.7 Å². The molecule has 0 atom stereocenters. The number of nitrogens with one attached hydrogen (secondary N) is 1. The van der Waals surface area contributed by atoms with Crippen molar-refractivity contribution in [3.05, 3.63) is 47.2 Å². The predicted molar refractivity (Wildman–Crippen MR) is 145 cm³/mol. The molecule has 0 radical (unpaired) electrons. The molecule has 0 unspecified atom stereocenters. The Morgan fingerprint density at radius 3 is 2.31 bits per heavy atom. The van der Waals surface area contributed by atoms with Gasteiger partial charge in [0.15, 0.2) is 0 Å². The SMILES string of the molecule is CC1CCC(C(=O)N(c2ccc(Oc3ncc(CNC(=O)CCC(=O)O)cc3C(F)(F)F)cc2C(=O)O)C(C)C)CC1. The predicted octanol–water partition coefficient (Wildman–Crippen LogP) is 5.64. The molecule has 42 heavy (non-hydrogen) atoms. The fourth-order valence-electron chi connectivity index (χ4n) is 4.81. The third-order valence-corrected chi connectivity index (χ3v) is 7.06.